The van der Waals surface area contributed by atoms with Crippen molar-refractivity contribution in [1.29, 1.82) is 0 Å². The van der Waals surface area contributed by atoms with Crippen LogP contribution in [0.1, 0.15) is 46.5 Å². The van der Waals surface area contributed by atoms with Crippen LogP contribution in [0.5, 0.6) is 0 Å². The van der Waals surface area contributed by atoms with Crippen LogP contribution in [0.25, 0.3) is 0 Å². The van der Waals surface area contributed by atoms with Gasteiger partial charge in [-0.05, 0) is 44.1 Å². The number of thiophene rings is 1. The summed E-state index contributed by atoms with van der Waals surface area (Å²) in [4.78, 5) is 40.9. The Hall–Kier alpha value is -1.73. The summed E-state index contributed by atoms with van der Waals surface area (Å²) < 4.78 is 10.8. The van der Waals surface area contributed by atoms with Gasteiger partial charge in [0, 0.05) is 4.88 Å². The highest BCUT2D eigenvalue weighted by Gasteiger charge is 2.63. The second-order valence-corrected chi connectivity index (χ2v) is 8.32. The van der Waals surface area contributed by atoms with Gasteiger partial charge in [-0.1, -0.05) is 0 Å². The smallest absolute Gasteiger partial charge is 0.341 e. The van der Waals surface area contributed by atoms with Gasteiger partial charge in [-0.15, -0.1) is 11.3 Å². The summed E-state index contributed by atoms with van der Waals surface area (Å²) in [5.74, 6) is -1.62. The number of hydrogen-bond acceptors (Lipinski definition) is 6. The van der Waals surface area contributed by atoms with Crippen molar-refractivity contribution in [2.24, 2.45) is 11.8 Å². The van der Waals surface area contributed by atoms with Gasteiger partial charge in [0.15, 0.2) is 0 Å². The van der Waals surface area contributed by atoms with Crippen LogP contribution in [0.3, 0.4) is 0 Å². The van der Waals surface area contributed by atoms with Crippen molar-refractivity contribution in [3.8, 4) is 0 Å². The Balaban J connectivity index is 1.62. The molecule has 4 aliphatic rings. The maximum Gasteiger partial charge on any atom is 0.341 e. The third-order valence-electron chi connectivity index (χ3n) is 6.03. The second kappa shape index (κ2) is 5.38. The first-order valence-electron chi connectivity index (χ1n) is 8.88. The molecule has 0 spiro atoms. The molecule has 1 aromatic heterocycles. The number of rotatable bonds is 2. The molecule has 0 N–H and O–H groups in total. The summed E-state index contributed by atoms with van der Waals surface area (Å²) in [6.07, 6.45) is 5.15. The van der Waals surface area contributed by atoms with Gasteiger partial charge in [-0.3, -0.25) is 9.59 Å². The van der Waals surface area contributed by atoms with Gasteiger partial charge in [0.25, 0.3) is 0 Å². The number of carbonyl (C=O) groups is 3. The van der Waals surface area contributed by atoms with Gasteiger partial charge in [0.05, 0.1) is 36.7 Å². The zero-order chi connectivity index (χ0) is 17.3. The highest BCUT2D eigenvalue weighted by atomic mass is 32.1. The fourth-order valence-electron chi connectivity index (χ4n) is 4.93. The maximum atomic E-state index is 13.0. The van der Waals surface area contributed by atoms with Gasteiger partial charge in [0.2, 0.25) is 11.8 Å². The molecular formula is C18H19NO5S. The van der Waals surface area contributed by atoms with Crippen LogP contribution in [-0.2, 0) is 31.9 Å². The minimum absolute atomic E-state index is 0.146. The molecule has 0 aromatic carbocycles. The average Bonchev–Trinajstić information content (AvgIpc) is 3.36. The Bertz CT molecular complexity index is 772. The van der Waals surface area contributed by atoms with E-state index < -0.39 is 5.97 Å². The lowest BCUT2D eigenvalue weighted by Gasteiger charge is -2.17. The van der Waals surface area contributed by atoms with Crippen molar-refractivity contribution in [2.75, 3.05) is 12.0 Å². The number of methoxy groups -OCH3 is 1. The van der Waals surface area contributed by atoms with E-state index in [-0.39, 0.29) is 35.9 Å². The summed E-state index contributed by atoms with van der Waals surface area (Å²) in [5.41, 5.74) is 1.40. The first-order valence-corrected chi connectivity index (χ1v) is 9.69. The molecular weight excluding hydrogens is 342 g/mol. The standard InChI is InChI=1S/C18H19NO5S/c1-23-18(22)12-8-4-2-3-5-11(8)25-17(12)19-15(20)13-9-6-7-10(24-9)14(13)16(19)21/h9-10,13-14H,2-7H2,1H3/t9-,10-,13+,14+/m1/s1. The van der Waals surface area contributed by atoms with E-state index in [1.54, 1.807) is 0 Å². The number of carbonyl (C=O) groups excluding carboxylic acids is 3. The van der Waals surface area contributed by atoms with Crippen molar-refractivity contribution >= 4 is 34.1 Å². The van der Waals surface area contributed by atoms with E-state index in [2.05, 4.69) is 0 Å². The molecule has 7 heteroatoms. The van der Waals surface area contributed by atoms with Crippen molar-refractivity contribution in [1.82, 2.24) is 0 Å². The predicted octanol–water partition coefficient (Wildman–Crippen LogP) is 2.08. The van der Waals surface area contributed by atoms with Gasteiger partial charge in [0.1, 0.15) is 5.00 Å². The zero-order valence-corrected chi connectivity index (χ0v) is 14.8. The number of hydrogen-bond donors (Lipinski definition) is 0. The molecule has 2 amide bonds. The van der Waals surface area contributed by atoms with E-state index in [1.165, 1.54) is 23.3 Å². The number of esters is 1. The van der Waals surface area contributed by atoms with Gasteiger partial charge < -0.3 is 9.47 Å². The molecule has 0 unspecified atom stereocenters. The lowest BCUT2D eigenvalue weighted by Crippen LogP contribution is -2.34. The molecule has 3 saturated heterocycles. The number of nitrogens with zero attached hydrogens (tertiary/aromatic N) is 1. The molecule has 1 aromatic rings. The van der Waals surface area contributed by atoms with Crippen molar-refractivity contribution in [2.45, 2.75) is 50.7 Å². The maximum absolute atomic E-state index is 13.0. The summed E-state index contributed by atoms with van der Waals surface area (Å²) in [7, 11) is 1.34. The molecule has 4 heterocycles. The number of ether oxygens (including phenoxy) is 2. The van der Waals surface area contributed by atoms with Crippen LogP contribution in [0.2, 0.25) is 0 Å². The third kappa shape index (κ3) is 1.96. The van der Waals surface area contributed by atoms with Crippen LogP contribution >= 0.6 is 11.3 Å². The average molecular weight is 361 g/mol. The number of anilines is 1. The van der Waals surface area contributed by atoms with E-state index in [0.717, 1.165) is 49.0 Å². The Morgan fingerprint density at radius 1 is 1.12 bits per heavy atom. The summed E-state index contributed by atoms with van der Waals surface area (Å²) in [5, 5.41) is 0.475. The largest absolute Gasteiger partial charge is 0.465 e. The van der Waals surface area contributed by atoms with Crippen molar-refractivity contribution < 1.29 is 23.9 Å². The van der Waals surface area contributed by atoms with Gasteiger partial charge >= 0.3 is 5.97 Å². The topological polar surface area (TPSA) is 72.9 Å². The Labute approximate surface area is 149 Å². The number of aryl methyl sites for hydroxylation is 1. The highest BCUT2D eigenvalue weighted by Crippen LogP contribution is 2.51. The Morgan fingerprint density at radius 3 is 2.40 bits per heavy atom. The van der Waals surface area contributed by atoms with E-state index in [1.807, 2.05) is 0 Å². The minimum Gasteiger partial charge on any atom is -0.465 e. The van der Waals surface area contributed by atoms with Crippen molar-refractivity contribution in [3.05, 3.63) is 16.0 Å². The number of imide groups is 1. The molecule has 5 rings (SSSR count). The molecule has 25 heavy (non-hydrogen) atoms. The zero-order valence-electron chi connectivity index (χ0n) is 13.9. The number of fused-ring (bicyclic) bond motifs is 6. The third-order valence-corrected chi connectivity index (χ3v) is 7.31. The fourth-order valence-corrected chi connectivity index (χ4v) is 6.32. The first-order chi connectivity index (χ1) is 12.1. The van der Waals surface area contributed by atoms with Gasteiger partial charge in [-0.25, -0.2) is 9.69 Å². The van der Waals surface area contributed by atoms with E-state index in [4.69, 9.17) is 9.47 Å². The van der Waals surface area contributed by atoms with Crippen LogP contribution < -0.4 is 4.90 Å². The molecule has 2 bridgehead atoms. The Morgan fingerprint density at radius 2 is 1.76 bits per heavy atom. The summed E-state index contributed by atoms with van der Waals surface area (Å²) in [6, 6.07) is 0. The van der Waals surface area contributed by atoms with E-state index >= 15 is 0 Å². The van der Waals surface area contributed by atoms with Crippen LogP contribution in [0, 0.1) is 11.8 Å². The van der Waals surface area contributed by atoms with Crippen molar-refractivity contribution in [3.63, 3.8) is 0 Å². The van der Waals surface area contributed by atoms with Crippen LogP contribution in [0.4, 0.5) is 5.00 Å². The molecule has 0 radical (unpaired) electrons. The van der Waals surface area contributed by atoms with Crippen LogP contribution in [-0.4, -0.2) is 37.1 Å². The number of amides is 2. The fraction of sp³-hybridized carbons (Fsp3) is 0.611. The molecule has 4 atom stereocenters. The Kier molecular flexibility index (Phi) is 3.34. The lowest BCUT2D eigenvalue weighted by molar-refractivity contribution is -0.124. The first kappa shape index (κ1) is 15.5. The van der Waals surface area contributed by atoms with E-state index in [9.17, 15) is 14.4 Å². The summed E-state index contributed by atoms with van der Waals surface area (Å²) in [6.45, 7) is 0. The minimum atomic E-state index is -0.453. The molecule has 3 aliphatic heterocycles. The van der Waals surface area contributed by atoms with Crippen LogP contribution in [0.15, 0.2) is 0 Å². The van der Waals surface area contributed by atoms with E-state index in [0.29, 0.717) is 10.6 Å². The molecule has 0 saturated carbocycles. The predicted molar refractivity (Wildman–Crippen MR) is 89.7 cm³/mol. The molecule has 6 nitrogen and oxygen atoms in total. The summed E-state index contributed by atoms with van der Waals surface area (Å²) >= 11 is 1.41. The lowest BCUT2D eigenvalue weighted by atomic mass is 9.81. The quantitative estimate of drug-likeness (QED) is 0.596. The highest BCUT2D eigenvalue weighted by molar-refractivity contribution is 7.17. The SMILES string of the molecule is COC(=O)c1c(N2C(=O)[C@@H]3[C@@H](C2=O)[C@H]2CC[C@H]3O2)sc2c1CCCC2. The van der Waals surface area contributed by atoms with Gasteiger partial charge in [-0.2, -0.15) is 0 Å². The molecule has 132 valence electrons. The second-order valence-electron chi connectivity index (χ2n) is 7.24. The monoisotopic (exact) mass is 361 g/mol. The normalized spacial score (nSPS) is 32.9. The molecule has 1 aliphatic carbocycles. The molecule has 3 fully saturated rings.